The van der Waals surface area contributed by atoms with Gasteiger partial charge in [0, 0.05) is 22.4 Å². The molecule has 1 saturated heterocycles. The number of carbonyl (C=O) groups is 3. The summed E-state index contributed by atoms with van der Waals surface area (Å²) < 4.78 is 56.8. The molecule has 1 aromatic rings. The Labute approximate surface area is 254 Å². The molecule has 0 bridgehead atoms. The first kappa shape index (κ1) is 30.9. The van der Waals surface area contributed by atoms with Gasteiger partial charge in [0.25, 0.3) is 0 Å². The second-order valence-corrected chi connectivity index (χ2v) is 13.1. The fraction of sp³-hybridized carbons (Fsp3) is 0.606. The van der Waals surface area contributed by atoms with Gasteiger partial charge in [-0.25, -0.2) is 13.6 Å². The number of benzene rings is 1. The first-order valence-electron chi connectivity index (χ1n) is 15.2. The van der Waals surface area contributed by atoms with Gasteiger partial charge >= 0.3 is 6.09 Å². The molecule has 4 fully saturated rings. The summed E-state index contributed by atoms with van der Waals surface area (Å²) in [6.07, 6.45) is -0.190. The number of nitrogens with one attached hydrogen (secondary N) is 1. The molecule has 44 heavy (non-hydrogen) atoms. The van der Waals surface area contributed by atoms with Gasteiger partial charge < -0.3 is 24.1 Å². The number of fused-ring (bicyclic) bond motifs is 7. The maximum atomic E-state index is 17.6. The van der Waals surface area contributed by atoms with Crippen molar-refractivity contribution in [3.63, 3.8) is 0 Å². The highest BCUT2D eigenvalue weighted by atomic mass is 19.1. The smallest absolute Gasteiger partial charge is 0.411 e. The number of anilines is 1. The Bertz CT molecular complexity index is 1410. The number of aliphatic hydroxyl groups excluding tert-OH is 1. The number of hydrogen-bond acceptors (Lipinski definition) is 8. The van der Waals surface area contributed by atoms with E-state index in [1.807, 2.05) is 13.8 Å². The largest absolute Gasteiger partial charge is 0.486 e. The topological polar surface area (TPSA) is 120 Å². The van der Waals surface area contributed by atoms with Crippen molar-refractivity contribution in [2.45, 2.75) is 88.8 Å². The number of ether oxygens (including phenoxy) is 4. The van der Waals surface area contributed by atoms with Crippen molar-refractivity contribution in [3.05, 3.63) is 48.1 Å². The fourth-order valence-electron chi connectivity index (χ4n) is 8.95. The van der Waals surface area contributed by atoms with E-state index < -0.39 is 76.3 Å². The van der Waals surface area contributed by atoms with E-state index >= 15 is 8.78 Å². The molecule has 2 N–H and O–H groups in total. The van der Waals surface area contributed by atoms with Gasteiger partial charge in [0.15, 0.2) is 23.3 Å². The summed E-state index contributed by atoms with van der Waals surface area (Å²) in [7, 11) is 1.26. The van der Waals surface area contributed by atoms with Crippen LogP contribution in [0.3, 0.4) is 0 Å². The zero-order chi connectivity index (χ0) is 31.7. The van der Waals surface area contributed by atoms with E-state index in [0.717, 1.165) is 12.5 Å². The number of alkyl halides is 2. The lowest BCUT2D eigenvalue weighted by atomic mass is 9.44. The molecule has 1 aromatic carbocycles. The van der Waals surface area contributed by atoms with Gasteiger partial charge in [0.05, 0.1) is 19.3 Å². The molecule has 0 aromatic heterocycles. The Morgan fingerprint density at radius 2 is 1.89 bits per heavy atom. The Morgan fingerprint density at radius 3 is 2.57 bits per heavy atom. The van der Waals surface area contributed by atoms with Crippen LogP contribution in [0.1, 0.15) is 52.9 Å². The highest BCUT2D eigenvalue weighted by Gasteiger charge is 2.80. The van der Waals surface area contributed by atoms with Crippen LogP contribution in [-0.4, -0.2) is 72.4 Å². The van der Waals surface area contributed by atoms with Gasteiger partial charge in [-0.2, -0.15) is 0 Å². The van der Waals surface area contributed by atoms with Crippen molar-refractivity contribution in [1.29, 1.82) is 0 Å². The van der Waals surface area contributed by atoms with E-state index in [-0.39, 0.29) is 31.4 Å². The lowest BCUT2D eigenvalue weighted by molar-refractivity contribution is -0.234. The minimum Gasteiger partial charge on any atom is -0.486 e. The molecule has 4 aliphatic carbocycles. The van der Waals surface area contributed by atoms with Gasteiger partial charge in [-0.3, -0.25) is 14.9 Å². The Balaban J connectivity index is 1.32. The minimum atomic E-state index is -2.27. The number of rotatable bonds is 7. The average Bonchev–Trinajstić information content (AvgIpc) is 3.47. The molecule has 5 aliphatic rings. The maximum Gasteiger partial charge on any atom is 0.411 e. The summed E-state index contributed by atoms with van der Waals surface area (Å²) in [4.78, 5) is 37.9. The molecule has 0 radical (unpaired) electrons. The molecule has 1 heterocycles. The van der Waals surface area contributed by atoms with Gasteiger partial charge in [-0.15, -0.1) is 0 Å². The number of halogens is 2. The van der Waals surface area contributed by atoms with Gasteiger partial charge in [0.2, 0.25) is 5.78 Å². The van der Waals surface area contributed by atoms with E-state index in [0.29, 0.717) is 17.9 Å². The molecule has 1 aliphatic heterocycles. The minimum absolute atomic E-state index is 0.0482. The first-order valence-corrected chi connectivity index (χ1v) is 15.2. The molecule has 1 unspecified atom stereocenters. The monoisotopic (exact) mass is 615 g/mol. The van der Waals surface area contributed by atoms with Crippen molar-refractivity contribution in [2.75, 3.05) is 19.0 Å². The molecule has 9 nitrogen and oxygen atoms in total. The number of aliphatic hydroxyl groups is 1. The van der Waals surface area contributed by atoms with Crippen LogP contribution in [-0.2, 0) is 23.8 Å². The van der Waals surface area contributed by atoms with Crippen molar-refractivity contribution in [3.8, 4) is 5.75 Å². The fourth-order valence-corrected chi connectivity index (χ4v) is 8.95. The van der Waals surface area contributed by atoms with Crippen LogP contribution in [0.2, 0.25) is 0 Å². The van der Waals surface area contributed by atoms with E-state index in [4.69, 9.17) is 14.2 Å². The maximum absolute atomic E-state index is 17.6. The van der Waals surface area contributed by atoms with E-state index in [1.54, 1.807) is 31.2 Å². The first-order chi connectivity index (χ1) is 20.8. The van der Waals surface area contributed by atoms with Crippen LogP contribution in [0.25, 0.3) is 0 Å². The summed E-state index contributed by atoms with van der Waals surface area (Å²) in [5.74, 6) is -1.96. The number of ketones is 2. The second-order valence-electron chi connectivity index (χ2n) is 13.1. The van der Waals surface area contributed by atoms with Crippen molar-refractivity contribution < 1.29 is 47.2 Å². The van der Waals surface area contributed by atoms with E-state index in [1.165, 1.54) is 19.3 Å². The predicted octanol–water partition coefficient (Wildman–Crippen LogP) is 5.02. The number of methoxy groups -OCH3 is 1. The zero-order valence-electron chi connectivity index (χ0n) is 25.3. The van der Waals surface area contributed by atoms with Crippen LogP contribution < -0.4 is 10.1 Å². The standard InChI is InChI=1S/C33H39F2NO8/c1-5-6-28-43-27-15-21-22-14-24(34)23-13-19(37)11-12-30(23,2)32(22,35)25(38)16-31(21,3)33(27,44-28)26(39)17-42-20-9-7-18(8-10-20)36-29(40)41-4/h7-13,21-22,24-25,27-28,38H,5-6,14-17H2,1-4H3,(H,36,40)/t21-,22-,24-,25-,27+,28?,30-,31-,32-,33+/m0/s1. The molecule has 11 heteroatoms. The third-order valence-corrected chi connectivity index (χ3v) is 11.0. The summed E-state index contributed by atoms with van der Waals surface area (Å²) >= 11 is 0. The molecular formula is C33H39F2NO8. The van der Waals surface area contributed by atoms with E-state index in [9.17, 15) is 19.5 Å². The summed E-state index contributed by atoms with van der Waals surface area (Å²) in [5.41, 5.74) is -5.92. The predicted molar refractivity (Wildman–Crippen MR) is 154 cm³/mol. The molecule has 0 spiro atoms. The number of Topliss-reactive ketones (excluding diaryl/α,β-unsaturated/α-hetero) is 1. The van der Waals surface area contributed by atoms with Crippen molar-refractivity contribution in [1.82, 2.24) is 0 Å². The third kappa shape index (κ3) is 4.22. The average molecular weight is 616 g/mol. The van der Waals surface area contributed by atoms with Crippen LogP contribution in [0.5, 0.6) is 5.75 Å². The van der Waals surface area contributed by atoms with Crippen molar-refractivity contribution in [2.24, 2.45) is 22.7 Å². The highest BCUT2D eigenvalue weighted by Crippen LogP contribution is 2.72. The SMILES string of the molecule is CCCC1O[C@@H]2C[C@H]3[C@@H]4C[C@H](F)C5=CC(=O)C=C[C@]5(C)[C@@]4(F)[C@@H](O)C[C@]3(C)[C@]2(C(=O)COc2ccc(NC(=O)OC)cc2)O1. The summed E-state index contributed by atoms with van der Waals surface area (Å²) in [6.45, 7) is 4.96. The van der Waals surface area contributed by atoms with Crippen LogP contribution in [0.15, 0.2) is 48.1 Å². The lowest BCUT2D eigenvalue weighted by Gasteiger charge is -2.63. The molecule has 6 rings (SSSR count). The Morgan fingerprint density at radius 1 is 1.16 bits per heavy atom. The summed E-state index contributed by atoms with van der Waals surface area (Å²) in [6, 6.07) is 6.39. The van der Waals surface area contributed by atoms with Crippen LogP contribution >= 0.6 is 0 Å². The number of amides is 1. The lowest BCUT2D eigenvalue weighted by Crippen LogP contribution is -2.71. The van der Waals surface area contributed by atoms with Crippen molar-refractivity contribution >= 4 is 23.3 Å². The van der Waals surface area contributed by atoms with E-state index in [2.05, 4.69) is 10.1 Å². The van der Waals surface area contributed by atoms with Crippen LogP contribution in [0, 0.1) is 22.7 Å². The normalized spacial score (nSPS) is 42.0. The molecule has 1 amide bonds. The molecular weight excluding hydrogens is 576 g/mol. The molecule has 3 saturated carbocycles. The van der Waals surface area contributed by atoms with Crippen LogP contribution in [0.4, 0.5) is 19.3 Å². The third-order valence-electron chi connectivity index (χ3n) is 11.0. The Kier molecular flexibility index (Phi) is 7.53. The second kappa shape index (κ2) is 10.7. The number of allylic oxidation sites excluding steroid dienone is 4. The molecule has 238 valence electrons. The van der Waals surface area contributed by atoms with Gasteiger partial charge in [0.1, 0.15) is 18.5 Å². The molecule has 10 atom stereocenters. The zero-order valence-corrected chi connectivity index (χ0v) is 25.3. The van der Waals surface area contributed by atoms with Gasteiger partial charge in [-0.1, -0.05) is 26.3 Å². The number of carbonyl (C=O) groups excluding carboxylic acids is 3. The summed E-state index contributed by atoms with van der Waals surface area (Å²) in [5, 5.41) is 14.3. The van der Waals surface area contributed by atoms with Gasteiger partial charge in [-0.05, 0) is 80.5 Å². The highest BCUT2D eigenvalue weighted by molar-refractivity contribution is 6.01. The Hall–Kier alpha value is -3.15. The number of hydrogen-bond donors (Lipinski definition) is 2. The quantitative estimate of drug-likeness (QED) is 0.439.